The lowest BCUT2D eigenvalue weighted by atomic mass is 10.2. The van der Waals surface area contributed by atoms with E-state index in [-0.39, 0.29) is 24.1 Å². The van der Waals surface area contributed by atoms with Crippen molar-refractivity contribution in [2.45, 2.75) is 20.4 Å². The zero-order valence-corrected chi connectivity index (χ0v) is 12.2. The van der Waals surface area contributed by atoms with Gasteiger partial charge in [0.1, 0.15) is 0 Å². The average Bonchev–Trinajstić information content (AvgIpc) is 2.84. The van der Waals surface area contributed by atoms with Gasteiger partial charge in [-0.1, -0.05) is 19.1 Å². The Bertz CT molecular complexity index is 457. The van der Waals surface area contributed by atoms with Crippen molar-refractivity contribution in [2.75, 3.05) is 26.7 Å². The Morgan fingerprint density at radius 3 is 2.80 bits per heavy atom. The van der Waals surface area contributed by atoms with Crippen LogP contribution in [0.25, 0.3) is 0 Å². The van der Waals surface area contributed by atoms with E-state index in [1.165, 1.54) is 15.8 Å². The molecule has 8 nitrogen and oxygen atoms in total. The number of hydrogen-bond donors (Lipinski definition) is 2. The van der Waals surface area contributed by atoms with Crippen molar-refractivity contribution in [2.24, 2.45) is 11.7 Å². The highest BCUT2D eigenvalue weighted by Gasteiger charge is 2.18. The monoisotopic (exact) mass is 282 g/mol. The molecule has 1 aromatic rings. The predicted octanol–water partition coefficient (Wildman–Crippen LogP) is -0.919. The van der Waals surface area contributed by atoms with Gasteiger partial charge < -0.3 is 16.0 Å². The number of amides is 2. The first-order chi connectivity index (χ1) is 9.43. The van der Waals surface area contributed by atoms with E-state index in [0.29, 0.717) is 25.6 Å². The topological polar surface area (TPSA) is 106 Å². The minimum Gasteiger partial charge on any atom is -0.354 e. The van der Waals surface area contributed by atoms with Crippen LogP contribution in [-0.2, 0) is 11.3 Å². The summed E-state index contributed by atoms with van der Waals surface area (Å²) in [5, 5.41) is 10.3. The Hall–Kier alpha value is -1.96. The highest BCUT2D eigenvalue weighted by Crippen LogP contribution is 1.99. The lowest BCUT2D eigenvalue weighted by molar-refractivity contribution is -0.121. The van der Waals surface area contributed by atoms with Crippen LogP contribution in [0.2, 0.25) is 0 Å². The van der Waals surface area contributed by atoms with E-state index in [4.69, 9.17) is 5.73 Å². The van der Waals surface area contributed by atoms with Crippen molar-refractivity contribution in [3.8, 4) is 0 Å². The lowest BCUT2D eigenvalue weighted by Crippen LogP contribution is -2.39. The normalized spacial score (nSPS) is 10.7. The first-order valence-electron chi connectivity index (χ1n) is 6.56. The van der Waals surface area contributed by atoms with Crippen LogP contribution in [0, 0.1) is 5.92 Å². The fourth-order valence-corrected chi connectivity index (χ4v) is 1.49. The van der Waals surface area contributed by atoms with Crippen LogP contribution >= 0.6 is 0 Å². The van der Waals surface area contributed by atoms with Gasteiger partial charge in [-0.15, -0.1) is 5.10 Å². The van der Waals surface area contributed by atoms with Gasteiger partial charge in [-0.3, -0.25) is 14.3 Å². The number of nitrogens with one attached hydrogen (secondary N) is 1. The predicted molar refractivity (Wildman–Crippen MR) is 73.9 cm³/mol. The molecular formula is C12H22N6O2. The summed E-state index contributed by atoms with van der Waals surface area (Å²) in [6, 6.07) is 0. The zero-order chi connectivity index (χ0) is 15.1. The Kier molecular flexibility index (Phi) is 6.10. The minimum atomic E-state index is -0.340. The molecule has 3 N–H and O–H groups in total. The van der Waals surface area contributed by atoms with E-state index >= 15 is 0 Å². The summed E-state index contributed by atoms with van der Waals surface area (Å²) in [5.74, 6) is -0.159. The van der Waals surface area contributed by atoms with E-state index < -0.39 is 0 Å². The second-order valence-electron chi connectivity index (χ2n) is 5.01. The van der Waals surface area contributed by atoms with Crippen molar-refractivity contribution in [3.63, 3.8) is 0 Å². The second kappa shape index (κ2) is 7.59. The van der Waals surface area contributed by atoms with E-state index in [1.54, 1.807) is 7.05 Å². The largest absolute Gasteiger partial charge is 0.354 e. The molecule has 0 aromatic carbocycles. The lowest BCUT2D eigenvalue weighted by Gasteiger charge is -2.15. The third-order valence-electron chi connectivity index (χ3n) is 2.55. The van der Waals surface area contributed by atoms with Crippen LogP contribution in [0.4, 0.5) is 0 Å². The van der Waals surface area contributed by atoms with Crippen LogP contribution in [0.15, 0.2) is 6.20 Å². The highest BCUT2D eigenvalue weighted by molar-refractivity contribution is 5.94. The summed E-state index contributed by atoms with van der Waals surface area (Å²) in [4.78, 5) is 25.0. The summed E-state index contributed by atoms with van der Waals surface area (Å²) >= 11 is 0. The van der Waals surface area contributed by atoms with Gasteiger partial charge in [0.25, 0.3) is 5.91 Å². The molecular weight excluding hydrogens is 260 g/mol. The van der Waals surface area contributed by atoms with Gasteiger partial charge >= 0.3 is 0 Å². The van der Waals surface area contributed by atoms with Crippen LogP contribution < -0.4 is 11.1 Å². The molecule has 0 saturated heterocycles. The van der Waals surface area contributed by atoms with Gasteiger partial charge in [0.2, 0.25) is 5.91 Å². The van der Waals surface area contributed by atoms with Crippen molar-refractivity contribution >= 4 is 11.8 Å². The van der Waals surface area contributed by atoms with Gasteiger partial charge in [0.05, 0.1) is 19.3 Å². The van der Waals surface area contributed by atoms with Crippen LogP contribution in [0.1, 0.15) is 24.3 Å². The van der Waals surface area contributed by atoms with Gasteiger partial charge in [-0.2, -0.15) is 0 Å². The number of carbonyl (C=O) groups is 2. The quantitative estimate of drug-likeness (QED) is 0.673. The van der Waals surface area contributed by atoms with E-state index in [2.05, 4.69) is 15.6 Å². The third kappa shape index (κ3) is 4.96. The molecule has 0 atom stereocenters. The number of likely N-dealkylation sites (N-methyl/N-ethyl adjacent to an activating group) is 1. The molecule has 0 aliphatic rings. The average molecular weight is 282 g/mol. The fourth-order valence-electron chi connectivity index (χ4n) is 1.49. The molecule has 20 heavy (non-hydrogen) atoms. The Morgan fingerprint density at radius 2 is 2.20 bits per heavy atom. The van der Waals surface area contributed by atoms with Crippen LogP contribution in [0.3, 0.4) is 0 Å². The number of nitrogens with two attached hydrogens (primary N) is 1. The maximum atomic E-state index is 12.0. The Balaban J connectivity index is 2.51. The Morgan fingerprint density at radius 1 is 1.50 bits per heavy atom. The summed E-state index contributed by atoms with van der Waals surface area (Å²) in [6.07, 6.45) is 1.53. The van der Waals surface area contributed by atoms with Gasteiger partial charge in [0, 0.05) is 20.1 Å². The second-order valence-corrected chi connectivity index (χ2v) is 5.01. The molecule has 0 aliphatic carbocycles. The van der Waals surface area contributed by atoms with Crippen LogP contribution in [0.5, 0.6) is 0 Å². The molecule has 0 radical (unpaired) electrons. The van der Waals surface area contributed by atoms with Gasteiger partial charge in [-0.25, -0.2) is 0 Å². The molecule has 0 unspecified atom stereocenters. The summed E-state index contributed by atoms with van der Waals surface area (Å²) in [5.41, 5.74) is 5.60. The number of hydrogen-bond acceptors (Lipinski definition) is 5. The molecule has 1 rings (SSSR count). The molecule has 1 heterocycles. The maximum Gasteiger partial charge on any atom is 0.276 e. The van der Waals surface area contributed by atoms with E-state index in [1.807, 2.05) is 13.8 Å². The third-order valence-corrected chi connectivity index (χ3v) is 2.55. The SMILES string of the molecule is CC(C)CNC(=O)CN(C)C(=O)c1cn(CCN)nn1. The van der Waals surface area contributed by atoms with E-state index in [9.17, 15) is 9.59 Å². The maximum absolute atomic E-state index is 12.0. The van der Waals surface area contributed by atoms with E-state index in [0.717, 1.165) is 0 Å². The highest BCUT2D eigenvalue weighted by atomic mass is 16.2. The Labute approximate surface area is 118 Å². The zero-order valence-electron chi connectivity index (χ0n) is 12.2. The first-order valence-corrected chi connectivity index (χ1v) is 6.56. The molecule has 0 spiro atoms. The number of aromatic nitrogens is 3. The molecule has 0 fully saturated rings. The van der Waals surface area contributed by atoms with Crippen molar-refractivity contribution in [1.82, 2.24) is 25.2 Å². The summed E-state index contributed by atoms with van der Waals surface area (Å²) in [6.45, 7) is 5.52. The number of rotatable bonds is 7. The molecule has 0 saturated carbocycles. The molecule has 2 amide bonds. The van der Waals surface area contributed by atoms with Crippen molar-refractivity contribution in [3.05, 3.63) is 11.9 Å². The minimum absolute atomic E-state index is 0.00466. The van der Waals surface area contributed by atoms with Gasteiger partial charge in [0.15, 0.2) is 5.69 Å². The number of carbonyl (C=O) groups excluding carboxylic acids is 2. The molecule has 112 valence electrons. The van der Waals surface area contributed by atoms with Crippen LogP contribution in [-0.4, -0.2) is 58.4 Å². The summed E-state index contributed by atoms with van der Waals surface area (Å²) < 4.78 is 1.50. The number of nitrogens with zero attached hydrogens (tertiary/aromatic N) is 4. The fraction of sp³-hybridized carbons (Fsp3) is 0.667. The molecule has 8 heteroatoms. The van der Waals surface area contributed by atoms with Crippen molar-refractivity contribution < 1.29 is 9.59 Å². The first kappa shape index (κ1) is 16.1. The molecule has 0 bridgehead atoms. The standard InChI is InChI=1S/C12H22N6O2/c1-9(2)6-14-11(19)8-17(3)12(20)10-7-18(5-4-13)16-15-10/h7,9H,4-6,8,13H2,1-3H3,(H,14,19). The molecule has 1 aromatic heterocycles. The molecule has 0 aliphatic heterocycles. The smallest absolute Gasteiger partial charge is 0.276 e. The van der Waals surface area contributed by atoms with Gasteiger partial charge in [-0.05, 0) is 5.92 Å². The summed E-state index contributed by atoms with van der Waals surface area (Å²) in [7, 11) is 1.55. The van der Waals surface area contributed by atoms with Crippen molar-refractivity contribution in [1.29, 1.82) is 0 Å².